The molecule has 8 nitrogen and oxygen atoms in total. The molecule has 0 aliphatic rings. The van der Waals surface area contributed by atoms with Crippen LogP contribution in [0.3, 0.4) is 0 Å². The van der Waals surface area contributed by atoms with Crippen molar-refractivity contribution >= 4 is 13.7 Å². The van der Waals surface area contributed by atoms with Crippen LogP contribution < -0.4 is 10.2 Å². The number of amides is 1. The lowest BCUT2D eigenvalue weighted by molar-refractivity contribution is -0.922. The minimum atomic E-state index is -4.89. The molecule has 0 aliphatic heterocycles. The van der Waals surface area contributed by atoms with Crippen LogP contribution in [-0.2, 0) is 15.9 Å². The molecule has 198 valence electrons. The third-order valence-corrected chi connectivity index (χ3v) is 5.75. The van der Waals surface area contributed by atoms with Gasteiger partial charge in [0.25, 0.3) is 7.82 Å². The number of quaternary nitrogens is 1. The van der Waals surface area contributed by atoms with Gasteiger partial charge in [-0.25, -0.2) is 0 Å². The van der Waals surface area contributed by atoms with Gasteiger partial charge in [-0.3, -0.25) is 9.36 Å². The van der Waals surface area contributed by atoms with Crippen molar-refractivity contribution in [2.24, 2.45) is 0 Å². The van der Waals surface area contributed by atoms with Crippen molar-refractivity contribution in [1.29, 1.82) is 0 Å². The molecule has 1 aromatic rings. The number of carbonyl (C=O) groups excluding carboxylic acids is 1. The molecule has 0 aromatic heterocycles. The van der Waals surface area contributed by atoms with Gasteiger partial charge in [-0.2, -0.15) is 0 Å². The minimum absolute atomic E-state index is 0.187. The van der Waals surface area contributed by atoms with E-state index in [1.165, 1.54) is 56.9 Å². The summed E-state index contributed by atoms with van der Waals surface area (Å²) in [6.45, 7) is 5.77. The number of unbranched alkanes of at least 4 members (excludes halogenated alkanes) is 8. The summed E-state index contributed by atoms with van der Waals surface area (Å²) in [5.41, 5.74) is 1.29. The molecule has 9 heteroatoms. The van der Waals surface area contributed by atoms with E-state index in [-0.39, 0.29) is 12.5 Å². The molecule has 0 radical (unpaired) electrons. The zero-order valence-electron chi connectivity index (χ0n) is 21.2. The Bertz CT molecular complexity index is 662. The van der Waals surface area contributed by atoms with Crippen LogP contribution in [0.2, 0.25) is 0 Å². The van der Waals surface area contributed by atoms with Crippen molar-refractivity contribution in [1.82, 2.24) is 5.32 Å². The van der Waals surface area contributed by atoms with Crippen molar-refractivity contribution in [2.75, 3.05) is 33.3 Å². The maximum absolute atomic E-state index is 12.0. The summed E-state index contributed by atoms with van der Waals surface area (Å²) in [5.74, 6) is 0.187. The van der Waals surface area contributed by atoms with E-state index in [0.717, 1.165) is 43.5 Å². The van der Waals surface area contributed by atoms with Crippen molar-refractivity contribution < 1.29 is 33.6 Å². The van der Waals surface area contributed by atoms with Crippen LogP contribution >= 0.6 is 7.82 Å². The molecular formula is C25H47N2O6P. The first-order chi connectivity index (χ1) is 16.1. The van der Waals surface area contributed by atoms with E-state index in [1.807, 2.05) is 6.07 Å². The van der Waals surface area contributed by atoms with Crippen molar-refractivity contribution in [3.8, 4) is 0 Å². The van der Waals surface area contributed by atoms with Gasteiger partial charge in [0.1, 0.15) is 13.1 Å². The summed E-state index contributed by atoms with van der Waals surface area (Å²) in [6, 6.07) is 10.4. The normalized spacial score (nSPS) is 13.0. The number of likely N-dealkylation sites (N-methyl/N-ethyl adjacent to an activating group) is 1. The van der Waals surface area contributed by atoms with Crippen LogP contribution in [0.15, 0.2) is 30.3 Å². The second-order valence-electron chi connectivity index (χ2n) is 9.21. The van der Waals surface area contributed by atoms with Crippen LogP contribution in [0.4, 0.5) is 0 Å². The molecule has 0 aliphatic carbocycles. The Morgan fingerprint density at radius 1 is 0.941 bits per heavy atom. The Balaban J connectivity index is 0.00000196. The van der Waals surface area contributed by atoms with Crippen molar-refractivity contribution in [3.63, 3.8) is 0 Å². The van der Waals surface area contributed by atoms with E-state index in [1.54, 1.807) is 0 Å². The van der Waals surface area contributed by atoms with Gasteiger partial charge in [0, 0.05) is 24.9 Å². The van der Waals surface area contributed by atoms with Gasteiger partial charge in [0.05, 0.1) is 20.2 Å². The summed E-state index contributed by atoms with van der Waals surface area (Å²) in [4.78, 5) is 35.0. The highest BCUT2D eigenvalue weighted by Gasteiger charge is 2.21. The average molecular weight is 503 g/mol. The van der Waals surface area contributed by atoms with Crippen molar-refractivity contribution in [2.45, 2.75) is 84.1 Å². The SMILES string of the molecule is CCCCCCCCCCCC(=O)NCCC[N+](C)(CCO)Cc1ccccc1.O=P([O-])(O)O. The molecule has 0 fully saturated rings. The number of hydrogen-bond acceptors (Lipinski definition) is 4. The first-order valence-electron chi connectivity index (χ1n) is 12.6. The molecule has 1 rings (SSSR count). The lowest BCUT2D eigenvalue weighted by atomic mass is 10.1. The van der Waals surface area contributed by atoms with Crippen LogP contribution in [0.5, 0.6) is 0 Å². The van der Waals surface area contributed by atoms with E-state index < -0.39 is 7.82 Å². The number of rotatable bonds is 18. The van der Waals surface area contributed by atoms with Gasteiger partial charge in [-0.05, 0) is 6.42 Å². The van der Waals surface area contributed by atoms with Crippen LogP contribution in [0.25, 0.3) is 0 Å². The quantitative estimate of drug-likeness (QED) is 0.138. The fraction of sp³-hybridized carbons (Fsp3) is 0.720. The number of aliphatic hydroxyl groups is 1. The number of hydrogen-bond donors (Lipinski definition) is 4. The Labute approximate surface area is 206 Å². The molecule has 34 heavy (non-hydrogen) atoms. The van der Waals surface area contributed by atoms with E-state index in [4.69, 9.17) is 19.2 Å². The van der Waals surface area contributed by atoms with Crippen molar-refractivity contribution in [3.05, 3.63) is 35.9 Å². The third kappa shape index (κ3) is 22.5. The van der Waals surface area contributed by atoms with E-state index in [2.05, 4.69) is 43.6 Å². The second kappa shape index (κ2) is 20.0. The maximum Gasteiger partial charge on any atom is 0.262 e. The number of benzene rings is 1. The Kier molecular flexibility index (Phi) is 19.2. The second-order valence-corrected chi connectivity index (χ2v) is 10.2. The van der Waals surface area contributed by atoms with E-state index >= 15 is 0 Å². The molecule has 1 amide bonds. The number of aliphatic hydroxyl groups excluding tert-OH is 1. The predicted molar refractivity (Wildman–Crippen MR) is 135 cm³/mol. The largest absolute Gasteiger partial charge is 0.756 e. The Hall–Kier alpha value is -1.28. The molecule has 0 bridgehead atoms. The Morgan fingerprint density at radius 2 is 1.47 bits per heavy atom. The summed E-state index contributed by atoms with van der Waals surface area (Å²) in [5, 5.41) is 12.5. The third-order valence-electron chi connectivity index (χ3n) is 5.75. The molecule has 1 aromatic carbocycles. The predicted octanol–water partition coefficient (Wildman–Crippen LogP) is 3.49. The molecule has 0 spiro atoms. The Morgan fingerprint density at radius 3 is 2.00 bits per heavy atom. The highest BCUT2D eigenvalue weighted by atomic mass is 31.2. The fourth-order valence-electron chi connectivity index (χ4n) is 3.91. The first-order valence-corrected chi connectivity index (χ1v) is 14.1. The van der Waals surface area contributed by atoms with E-state index in [9.17, 15) is 9.90 Å². The van der Waals surface area contributed by atoms with Gasteiger partial charge in [0.2, 0.25) is 5.91 Å². The standard InChI is InChI=1S/C25H44N2O2.H3O4P/c1-3-4-5-6-7-8-9-10-14-18-25(29)26-19-15-20-27(2,21-22-28)23-24-16-12-11-13-17-24;1-5(2,3)4/h11-13,16-17,28H,3-10,14-15,18-23H2,1-2H3;(H3,1,2,3,4). The summed E-state index contributed by atoms with van der Waals surface area (Å²) in [6.07, 6.45) is 13.1. The van der Waals surface area contributed by atoms with Crippen LogP contribution in [0.1, 0.15) is 83.1 Å². The molecule has 4 N–H and O–H groups in total. The van der Waals surface area contributed by atoms with Crippen LogP contribution in [-0.4, -0.2) is 58.6 Å². The molecular weight excluding hydrogens is 455 g/mol. The highest BCUT2D eigenvalue weighted by molar-refractivity contribution is 7.43. The monoisotopic (exact) mass is 502 g/mol. The lowest BCUT2D eigenvalue weighted by Crippen LogP contribution is -2.46. The zero-order valence-corrected chi connectivity index (χ0v) is 22.1. The molecule has 0 heterocycles. The number of phosphoric acid groups is 1. The van der Waals surface area contributed by atoms with Gasteiger partial charge in [-0.15, -0.1) is 0 Å². The fourth-order valence-corrected chi connectivity index (χ4v) is 3.91. The average Bonchev–Trinajstić information content (AvgIpc) is 2.75. The first kappa shape index (κ1) is 32.7. The number of nitrogens with one attached hydrogen (secondary N) is 1. The molecule has 1 atom stereocenters. The van der Waals surface area contributed by atoms with Gasteiger partial charge < -0.3 is 29.6 Å². The zero-order chi connectivity index (χ0) is 25.7. The summed E-state index contributed by atoms with van der Waals surface area (Å²) >= 11 is 0. The lowest BCUT2D eigenvalue weighted by Gasteiger charge is -2.34. The summed E-state index contributed by atoms with van der Waals surface area (Å²) in [7, 11) is -2.70. The van der Waals surface area contributed by atoms with Gasteiger partial charge in [-0.1, -0.05) is 88.6 Å². The number of carbonyl (C=O) groups is 1. The molecule has 1 unspecified atom stereocenters. The molecule has 0 saturated carbocycles. The highest BCUT2D eigenvalue weighted by Crippen LogP contribution is 2.19. The van der Waals surface area contributed by atoms with Crippen LogP contribution in [0, 0.1) is 0 Å². The minimum Gasteiger partial charge on any atom is -0.756 e. The van der Waals surface area contributed by atoms with Gasteiger partial charge >= 0.3 is 0 Å². The van der Waals surface area contributed by atoms with E-state index in [0.29, 0.717) is 6.42 Å². The summed E-state index contributed by atoms with van der Waals surface area (Å²) < 4.78 is 9.57. The van der Waals surface area contributed by atoms with Gasteiger partial charge in [0.15, 0.2) is 0 Å². The number of nitrogens with zero attached hydrogens (tertiary/aromatic N) is 1. The maximum atomic E-state index is 12.0. The smallest absolute Gasteiger partial charge is 0.262 e. The molecule has 0 saturated heterocycles. The topological polar surface area (TPSA) is 130 Å².